The van der Waals surface area contributed by atoms with Crippen LogP contribution in [0.3, 0.4) is 0 Å². The average Bonchev–Trinajstić information content (AvgIpc) is 2.39. The van der Waals surface area contributed by atoms with Gasteiger partial charge in [0.2, 0.25) is 0 Å². The third kappa shape index (κ3) is 2.07. The van der Waals surface area contributed by atoms with Crippen molar-refractivity contribution in [1.82, 2.24) is 4.98 Å². The Hall–Kier alpha value is -2.30. The van der Waals surface area contributed by atoms with Gasteiger partial charge in [0.15, 0.2) is 11.6 Å². The number of nitrogens with zero attached hydrogens (tertiary/aromatic N) is 1. The highest BCUT2D eigenvalue weighted by molar-refractivity contribution is 6.09. The zero-order chi connectivity index (χ0) is 13.1. The van der Waals surface area contributed by atoms with E-state index in [1.54, 1.807) is 0 Å². The second kappa shape index (κ2) is 4.91. The standard InChI is InChI=1S/C13H9F2NO2/c1-18-13-11(15)9(6-7-16-13)12(17)8-4-2-3-5-10(8)14/h2-7H,1H3. The monoisotopic (exact) mass is 249 g/mol. The first kappa shape index (κ1) is 12.2. The highest BCUT2D eigenvalue weighted by atomic mass is 19.1. The van der Waals surface area contributed by atoms with E-state index in [9.17, 15) is 13.6 Å². The van der Waals surface area contributed by atoms with E-state index in [-0.39, 0.29) is 17.0 Å². The summed E-state index contributed by atoms with van der Waals surface area (Å²) in [4.78, 5) is 15.6. The quantitative estimate of drug-likeness (QED) is 0.785. The maximum absolute atomic E-state index is 13.8. The Morgan fingerprint density at radius 3 is 2.56 bits per heavy atom. The van der Waals surface area contributed by atoms with E-state index in [0.29, 0.717) is 0 Å². The Labute approximate surface area is 102 Å². The van der Waals surface area contributed by atoms with E-state index in [0.717, 1.165) is 6.07 Å². The molecule has 0 amide bonds. The van der Waals surface area contributed by atoms with Crippen molar-refractivity contribution < 1.29 is 18.3 Å². The highest BCUT2D eigenvalue weighted by Crippen LogP contribution is 2.20. The van der Waals surface area contributed by atoms with E-state index in [1.807, 2.05) is 0 Å². The van der Waals surface area contributed by atoms with Crippen LogP contribution in [0, 0.1) is 11.6 Å². The molecule has 0 bridgehead atoms. The Morgan fingerprint density at radius 2 is 1.89 bits per heavy atom. The lowest BCUT2D eigenvalue weighted by Gasteiger charge is -2.06. The molecule has 0 unspecified atom stereocenters. The molecule has 0 saturated carbocycles. The molecular formula is C13H9F2NO2. The zero-order valence-electron chi connectivity index (χ0n) is 9.48. The van der Waals surface area contributed by atoms with Crippen LogP contribution < -0.4 is 4.74 Å². The summed E-state index contributed by atoms with van der Waals surface area (Å²) in [6.07, 6.45) is 1.23. The summed E-state index contributed by atoms with van der Waals surface area (Å²) in [7, 11) is 1.24. The van der Waals surface area contributed by atoms with Gasteiger partial charge in [-0.05, 0) is 18.2 Å². The van der Waals surface area contributed by atoms with Crippen LogP contribution in [-0.2, 0) is 0 Å². The van der Waals surface area contributed by atoms with Crippen molar-refractivity contribution in [1.29, 1.82) is 0 Å². The molecule has 0 aliphatic heterocycles. The first-order valence-electron chi connectivity index (χ1n) is 5.13. The van der Waals surface area contributed by atoms with Crippen molar-refractivity contribution in [3.63, 3.8) is 0 Å². The molecule has 18 heavy (non-hydrogen) atoms. The van der Waals surface area contributed by atoms with Crippen LogP contribution in [0.5, 0.6) is 5.88 Å². The van der Waals surface area contributed by atoms with Gasteiger partial charge in [0.25, 0.3) is 5.88 Å². The molecule has 5 heteroatoms. The summed E-state index contributed by atoms with van der Waals surface area (Å²) < 4.78 is 31.9. The molecule has 0 fully saturated rings. The highest BCUT2D eigenvalue weighted by Gasteiger charge is 2.20. The number of carbonyl (C=O) groups is 1. The molecule has 1 aromatic heterocycles. The molecular weight excluding hydrogens is 240 g/mol. The fourth-order valence-electron chi connectivity index (χ4n) is 1.53. The lowest BCUT2D eigenvalue weighted by molar-refractivity contribution is 0.103. The fraction of sp³-hybridized carbons (Fsp3) is 0.0769. The van der Waals surface area contributed by atoms with Gasteiger partial charge in [0, 0.05) is 6.20 Å². The van der Waals surface area contributed by atoms with Crippen molar-refractivity contribution in [3.05, 3.63) is 59.3 Å². The molecule has 2 aromatic rings. The largest absolute Gasteiger partial charge is 0.479 e. The first-order valence-corrected chi connectivity index (χ1v) is 5.13. The molecule has 0 radical (unpaired) electrons. The number of methoxy groups -OCH3 is 1. The van der Waals surface area contributed by atoms with Crippen molar-refractivity contribution >= 4 is 5.78 Å². The van der Waals surface area contributed by atoms with E-state index >= 15 is 0 Å². The molecule has 0 atom stereocenters. The van der Waals surface area contributed by atoms with Crippen molar-refractivity contribution in [2.45, 2.75) is 0 Å². The van der Waals surface area contributed by atoms with Crippen LogP contribution >= 0.6 is 0 Å². The number of pyridine rings is 1. The van der Waals surface area contributed by atoms with E-state index in [4.69, 9.17) is 0 Å². The Bertz CT molecular complexity index is 599. The SMILES string of the molecule is COc1nccc(C(=O)c2ccccc2F)c1F. The van der Waals surface area contributed by atoms with Gasteiger partial charge in [-0.15, -0.1) is 0 Å². The molecule has 0 aliphatic rings. The van der Waals surface area contributed by atoms with Gasteiger partial charge in [-0.25, -0.2) is 13.8 Å². The molecule has 2 rings (SSSR count). The molecule has 3 nitrogen and oxygen atoms in total. The molecule has 0 N–H and O–H groups in total. The number of hydrogen-bond donors (Lipinski definition) is 0. The Kier molecular flexibility index (Phi) is 3.32. The van der Waals surface area contributed by atoms with E-state index < -0.39 is 17.4 Å². The van der Waals surface area contributed by atoms with Gasteiger partial charge >= 0.3 is 0 Å². The topological polar surface area (TPSA) is 39.2 Å². The number of rotatable bonds is 3. The number of hydrogen-bond acceptors (Lipinski definition) is 3. The average molecular weight is 249 g/mol. The minimum absolute atomic E-state index is 0.190. The Balaban J connectivity index is 2.50. The molecule has 0 spiro atoms. The van der Waals surface area contributed by atoms with Crippen LogP contribution in [0.4, 0.5) is 8.78 Å². The van der Waals surface area contributed by atoms with E-state index in [2.05, 4.69) is 9.72 Å². The molecule has 0 aliphatic carbocycles. The summed E-state index contributed by atoms with van der Waals surface area (Å²) in [5, 5.41) is 0. The van der Waals surface area contributed by atoms with Gasteiger partial charge in [-0.1, -0.05) is 12.1 Å². The summed E-state index contributed by atoms with van der Waals surface area (Å²) in [6.45, 7) is 0. The summed E-state index contributed by atoms with van der Waals surface area (Å²) in [6, 6.07) is 6.59. The zero-order valence-corrected chi connectivity index (χ0v) is 9.48. The second-order valence-corrected chi connectivity index (χ2v) is 3.49. The lowest BCUT2D eigenvalue weighted by atomic mass is 10.0. The number of ketones is 1. The van der Waals surface area contributed by atoms with Crippen LogP contribution in [-0.4, -0.2) is 17.9 Å². The van der Waals surface area contributed by atoms with Gasteiger partial charge in [-0.2, -0.15) is 0 Å². The van der Waals surface area contributed by atoms with Crippen molar-refractivity contribution in [2.24, 2.45) is 0 Å². The van der Waals surface area contributed by atoms with Gasteiger partial charge in [-0.3, -0.25) is 4.79 Å². The lowest BCUT2D eigenvalue weighted by Crippen LogP contribution is -2.08. The number of halogens is 2. The predicted molar refractivity (Wildman–Crippen MR) is 60.6 cm³/mol. The van der Waals surface area contributed by atoms with Crippen LogP contribution in [0.2, 0.25) is 0 Å². The smallest absolute Gasteiger partial charge is 0.250 e. The second-order valence-electron chi connectivity index (χ2n) is 3.49. The Morgan fingerprint density at radius 1 is 1.17 bits per heavy atom. The van der Waals surface area contributed by atoms with Crippen molar-refractivity contribution in [2.75, 3.05) is 7.11 Å². The minimum Gasteiger partial charge on any atom is -0.479 e. The fourth-order valence-corrected chi connectivity index (χ4v) is 1.53. The van der Waals surface area contributed by atoms with Crippen molar-refractivity contribution in [3.8, 4) is 5.88 Å². The van der Waals surface area contributed by atoms with Crippen LogP contribution in [0.1, 0.15) is 15.9 Å². The maximum Gasteiger partial charge on any atom is 0.250 e. The molecule has 1 aromatic carbocycles. The predicted octanol–water partition coefficient (Wildman–Crippen LogP) is 2.60. The van der Waals surface area contributed by atoms with Gasteiger partial charge < -0.3 is 4.74 Å². The summed E-state index contributed by atoms with van der Waals surface area (Å²) >= 11 is 0. The van der Waals surface area contributed by atoms with Gasteiger partial charge in [0.05, 0.1) is 18.2 Å². The summed E-state index contributed by atoms with van der Waals surface area (Å²) in [5.74, 6) is -2.63. The minimum atomic E-state index is -0.895. The number of carbonyl (C=O) groups excluding carboxylic acids is 1. The number of benzene rings is 1. The third-order valence-corrected chi connectivity index (χ3v) is 2.41. The molecule has 0 saturated heterocycles. The summed E-state index contributed by atoms with van der Waals surface area (Å²) in [5.41, 5.74) is -0.461. The maximum atomic E-state index is 13.8. The number of ether oxygens (including phenoxy) is 1. The van der Waals surface area contributed by atoms with Crippen LogP contribution in [0.15, 0.2) is 36.5 Å². The number of aromatic nitrogens is 1. The van der Waals surface area contributed by atoms with Crippen LogP contribution in [0.25, 0.3) is 0 Å². The van der Waals surface area contributed by atoms with E-state index in [1.165, 1.54) is 37.6 Å². The molecule has 1 heterocycles. The normalized spacial score (nSPS) is 10.2. The molecule has 92 valence electrons. The first-order chi connectivity index (χ1) is 8.65. The van der Waals surface area contributed by atoms with Gasteiger partial charge in [0.1, 0.15) is 5.82 Å². The third-order valence-electron chi connectivity index (χ3n) is 2.41.